The maximum absolute atomic E-state index is 11.8. The molecular weight excluding hydrogens is 310 g/mol. The molecule has 0 aliphatic heterocycles. The average molecular weight is 330 g/mol. The standard InChI is InChI=1S/C12H20BrN5O/c1-5-14-11-10(13)12(16-8-15-11)18(6-2)7-9(19)17(3)4/h8H,5-7H2,1-4H3,(H,14,15,16). The fraction of sp³-hybridized carbons (Fsp3) is 0.583. The summed E-state index contributed by atoms with van der Waals surface area (Å²) < 4.78 is 0.783. The Bertz CT molecular complexity index is 438. The Labute approximate surface area is 122 Å². The zero-order chi connectivity index (χ0) is 14.4. The fourth-order valence-electron chi connectivity index (χ4n) is 1.51. The van der Waals surface area contributed by atoms with Crippen molar-refractivity contribution in [2.24, 2.45) is 0 Å². The van der Waals surface area contributed by atoms with Gasteiger partial charge in [-0.25, -0.2) is 9.97 Å². The van der Waals surface area contributed by atoms with Crippen molar-refractivity contribution in [3.8, 4) is 0 Å². The third-order valence-electron chi connectivity index (χ3n) is 2.62. The van der Waals surface area contributed by atoms with E-state index in [1.807, 2.05) is 18.7 Å². The van der Waals surface area contributed by atoms with Gasteiger partial charge < -0.3 is 15.1 Å². The Morgan fingerprint density at radius 3 is 2.58 bits per heavy atom. The number of rotatable bonds is 6. The van der Waals surface area contributed by atoms with Crippen LogP contribution in [-0.4, -0.2) is 54.5 Å². The van der Waals surface area contributed by atoms with Crippen LogP contribution in [0.2, 0.25) is 0 Å². The minimum absolute atomic E-state index is 0.0392. The predicted octanol–water partition coefficient (Wildman–Crippen LogP) is 1.59. The number of hydrogen-bond acceptors (Lipinski definition) is 5. The van der Waals surface area contributed by atoms with Crippen molar-refractivity contribution in [2.75, 3.05) is 43.9 Å². The highest BCUT2D eigenvalue weighted by atomic mass is 79.9. The first-order chi connectivity index (χ1) is 9.01. The summed E-state index contributed by atoms with van der Waals surface area (Å²) in [5.74, 6) is 1.50. The lowest BCUT2D eigenvalue weighted by Gasteiger charge is -2.24. The van der Waals surface area contributed by atoms with Crippen molar-refractivity contribution in [1.82, 2.24) is 14.9 Å². The van der Waals surface area contributed by atoms with Gasteiger partial charge in [-0.15, -0.1) is 0 Å². The molecule has 0 aliphatic carbocycles. The number of anilines is 2. The lowest BCUT2D eigenvalue weighted by Crippen LogP contribution is -2.37. The first-order valence-electron chi connectivity index (χ1n) is 6.20. The second kappa shape index (κ2) is 7.28. The number of nitrogens with zero attached hydrogens (tertiary/aromatic N) is 4. The molecule has 0 fully saturated rings. The number of hydrogen-bond donors (Lipinski definition) is 1. The quantitative estimate of drug-likeness (QED) is 0.858. The summed E-state index contributed by atoms with van der Waals surface area (Å²) >= 11 is 3.50. The van der Waals surface area contributed by atoms with Crippen molar-refractivity contribution < 1.29 is 4.79 Å². The number of aromatic nitrogens is 2. The second-order valence-corrected chi connectivity index (χ2v) is 4.99. The lowest BCUT2D eigenvalue weighted by molar-refractivity contribution is -0.127. The van der Waals surface area contributed by atoms with Crippen LogP contribution >= 0.6 is 15.9 Å². The molecule has 0 aliphatic rings. The Balaban J connectivity index is 2.98. The molecule has 1 rings (SSSR count). The topological polar surface area (TPSA) is 61.4 Å². The van der Waals surface area contributed by atoms with Gasteiger partial charge >= 0.3 is 0 Å². The maximum Gasteiger partial charge on any atom is 0.241 e. The summed E-state index contributed by atoms with van der Waals surface area (Å²) in [5.41, 5.74) is 0. The molecule has 19 heavy (non-hydrogen) atoms. The molecule has 0 bridgehead atoms. The van der Waals surface area contributed by atoms with Crippen molar-refractivity contribution in [2.45, 2.75) is 13.8 Å². The summed E-state index contributed by atoms with van der Waals surface area (Å²) in [6.45, 7) is 5.76. The minimum Gasteiger partial charge on any atom is -0.369 e. The van der Waals surface area contributed by atoms with Crippen LogP contribution in [0.25, 0.3) is 0 Å². The molecule has 0 spiro atoms. The predicted molar refractivity (Wildman–Crippen MR) is 80.5 cm³/mol. The third-order valence-corrected chi connectivity index (χ3v) is 3.35. The second-order valence-electron chi connectivity index (χ2n) is 4.19. The molecule has 0 saturated heterocycles. The van der Waals surface area contributed by atoms with E-state index in [9.17, 15) is 4.79 Å². The first kappa shape index (κ1) is 15.7. The van der Waals surface area contributed by atoms with Crippen LogP contribution in [-0.2, 0) is 4.79 Å². The van der Waals surface area contributed by atoms with Gasteiger partial charge in [-0.2, -0.15) is 0 Å². The monoisotopic (exact) mass is 329 g/mol. The van der Waals surface area contributed by atoms with Crippen LogP contribution in [0.4, 0.5) is 11.6 Å². The summed E-state index contributed by atoms with van der Waals surface area (Å²) in [7, 11) is 3.49. The largest absolute Gasteiger partial charge is 0.369 e. The number of carbonyl (C=O) groups is 1. The molecule has 1 aromatic rings. The van der Waals surface area contributed by atoms with E-state index < -0.39 is 0 Å². The van der Waals surface area contributed by atoms with Gasteiger partial charge in [0.15, 0.2) is 0 Å². The molecule has 1 amide bonds. The lowest BCUT2D eigenvalue weighted by atomic mass is 10.4. The molecule has 0 radical (unpaired) electrons. The van der Waals surface area contributed by atoms with Crippen molar-refractivity contribution in [1.29, 1.82) is 0 Å². The highest BCUT2D eigenvalue weighted by Crippen LogP contribution is 2.29. The average Bonchev–Trinajstić information content (AvgIpc) is 2.38. The van der Waals surface area contributed by atoms with Crippen LogP contribution in [0, 0.1) is 0 Å². The van der Waals surface area contributed by atoms with E-state index in [0.29, 0.717) is 13.1 Å². The summed E-state index contributed by atoms with van der Waals surface area (Å²) in [6, 6.07) is 0. The van der Waals surface area contributed by atoms with Crippen molar-refractivity contribution in [3.63, 3.8) is 0 Å². The van der Waals surface area contributed by atoms with E-state index in [1.165, 1.54) is 6.33 Å². The van der Waals surface area contributed by atoms with Crippen LogP contribution < -0.4 is 10.2 Å². The zero-order valence-electron chi connectivity index (χ0n) is 11.8. The number of halogens is 1. The van der Waals surface area contributed by atoms with Crippen molar-refractivity contribution >= 4 is 33.5 Å². The number of likely N-dealkylation sites (N-methyl/N-ethyl adjacent to an activating group) is 2. The third kappa shape index (κ3) is 4.05. The minimum atomic E-state index is 0.0392. The van der Waals surface area contributed by atoms with Gasteiger partial charge in [-0.1, -0.05) is 0 Å². The molecule has 106 valence electrons. The van der Waals surface area contributed by atoms with Gasteiger partial charge in [-0.3, -0.25) is 4.79 Å². The molecule has 1 heterocycles. The molecule has 0 saturated carbocycles. The molecule has 7 heteroatoms. The first-order valence-corrected chi connectivity index (χ1v) is 7.00. The number of nitrogens with one attached hydrogen (secondary N) is 1. The summed E-state index contributed by atoms with van der Waals surface area (Å²) in [5, 5.41) is 3.15. The number of amides is 1. The van der Waals surface area contributed by atoms with Gasteiger partial charge in [0.1, 0.15) is 22.4 Å². The van der Waals surface area contributed by atoms with Crippen LogP contribution in [0.5, 0.6) is 0 Å². The van der Waals surface area contributed by atoms with Crippen molar-refractivity contribution in [3.05, 3.63) is 10.8 Å². The molecule has 1 aromatic heterocycles. The van der Waals surface area contributed by atoms with E-state index >= 15 is 0 Å². The van der Waals surface area contributed by atoms with E-state index in [2.05, 4.69) is 31.2 Å². The van der Waals surface area contributed by atoms with Crippen LogP contribution in [0.3, 0.4) is 0 Å². The van der Waals surface area contributed by atoms with Gasteiger partial charge in [-0.05, 0) is 29.8 Å². The van der Waals surface area contributed by atoms with Gasteiger partial charge in [0.2, 0.25) is 5.91 Å². The molecule has 6 nitrogen and oxygen atoms in total. The fourth-order valence-corrected chi connectivity index (χ4v) is 2.11. The molecular formula is C12H20BrN5O. The summed E-state index contributed by atoms with van der Waals surface area (Å²) in [4.78, 5) is 23.7. The van der Waals surface area contributed by atoms with Gasteiger partial charge in [0.05, 0.1) is 6.54 Å². The van der Waals surface area contributed by atoms with Crippen LogP contribution in [0.15, 0.2) is 10.8 Å². The Morgan fingerprint density at radius 2 is 2.05 bits per heavy atom. The molecule has 0 atom stereocenters. The maximum atomic E-state index is 11.8. The van der Waals surface area contributed by atoms with E-state index in [-0.39, 0.29) is 5.91 Å². The van der Waals surface area contributed by atoms with E-state index in [0.717, 1.165) is 22.7 Å². The highest BCUT2D eigenvalue weighted by Gasteiger charge is 2.17. The number of carbonyl (C=O) groups excluding carboxylic acids is 1. The summed E-state index contributed by atoms with van der Waals surface area (Å²) in [6.07, 6.45) is 1.50. The zero-order valence-corrected chi connectivity index (χ0v) is 13.4. The Kier molecular flexibility index (Phi) is 6.01. The Hall–Kier alpha value is -1.37. The SMILES string of the molecule is CCNc1ncnc(N(CC)CC(=O)N(C)C)c1Br. The van der Waals surface area contributed by atoms with Gasteiger partial charge in [0, 0.05) is 27.2 Å². The smallest absolute Gasteiger partial charge is 0.241 e. The van der Waals surface area contributed by atoms with E-state index in [1.54, 1.807) is 19.0 Å². The van der Waals surface area contributed by atoms with Crippen LogP contribution in [0.1, 0.15) is 13.8 Å². The normalized spacial score (nSPS) is 10.2. The van der Waals surface area contributed by atoms with Gasteiger partial charge in [0.25, 0.3) is 0 Å². The molecule has 1 N–H and O–H groups in total. The highest BCUT2D eigenvalue weighted by molar-refractivity contribution is 9.10. The Morgan fingerprint density at radius 1 is 1.37 bits per heavy atom. The van der Waals surface area contributed by atoms with E-state index in [4.69, 9.17) is 0 Å². The molecule has 0 unspecified atom stereocenters. The molecule has 0 aromatic carbocycles.